The molecule has 172 valence electrons. The molecule has 0 aromatic heterocycles. The van der Waals surface area contributed by atoms with Gasteiger partial charge in [-0.15, -0.1) is 0 Å². The Hall–Kier alpha value is -2.98. The van der Waals surface area contributed by atoms with Crippen molar-refractivity contribution in [3.63, 3.8) is 0 Å². The quantitative estimate of drug-likeness (QED) is 0.248. The SMILES string of the molecule is CC(C)CC(NC(=O)C(N)CO)C(=O)NC(Cc1ccccc1)C(=O)NC(C)C(=O)O. The second-order valence-corrected chi connectivity index (χ2v) is 7.80. The van der Waals surface area contributed by atoms with E-state index in [1.165, 1.54) is 6.92 Å². The smallest absolute Gasteiger partial charge is 0.325 e. The molecular weight excluding hydrogens is 404 g/mol. The number of hydrogen-bond donors (Lipinski definition) is 6. The Balaban J connectivity index is 3.03. The predicted octanol–water partition coefficient (Wildman–Crippen LogP) is -0.846. The first kappa shape index (κ1) is 26.1. The third-order valence-electron chi connectivity index (χ3n) is 4.52. The number of carbonyl (C=O) groups is 4. The zero-order valence-corrected chi connectivity index (χ0v) is 18.0. The molecule has 31 heavy (non-hydrogen) atoms. The fraction of sp³-hybridized carbons (Fsp3) is 0.524. The number of amides is 3. The molecular formula is C21H32N4O6. The van der Waals surface area contributed by atoms with Gasteiger partial charge in [0.2, 0.25) is 17.7 Å². The summed E-state index contributed by atoms with van der Waals surface area (Å²) in [5, 5.41) is 25.6. The third-order valence-corrected chi connectivity index (χ3v) is 4.52. The average molecular weight is 437 g/mol. The number of nitrogens with one attached hydrogen (secondary N) is 3. The van der Waals surface area contributed by atoms with Crippen LogP contribution in [-0.4, -0.2) is 64.7 Å². The van der Waals surface area contributed by atoms with Crippen LogP contribution in [0.3, 0.4) is 0 Å². The molecule has 0 aliphatic carbocycles. The van der Waals surface area contributed by atoms with Crippen molar-refractivity contribution in [1.29, 1.82) is 0 Å². The van der Waals surface area contributed by atoms with Crippen LogP contribution in [0.5, 0.6) is 0 Å². The molecule has 0 saturated carbocycles. The zero-order valence-electron chi connectivity index (χ0n) is 18.0. The van der Waals surface area contributed by atoms with Crippen molar-refractivity contribution >= 4 is 23.7 Å². The summed E-state index contributed by atoms with van der Waals surface area (Å²) < 4.78 is 0. The van der Waals surface area contributed by atoms with Crippen molar-refractivity contribution in [3.05, 3.63) is 35.9 Å². The van der Waals surface area contributed by atoms with Gasteiger partial charge in [0.05, 0.1) is 6.61 Å². The fourth-order valence-electron chi connectivity index (χ4n) is 2.77. The Labute approximate surface area is 181 Å². The Morgan fingerprint density at radius 3 is 1.97 bits per heavy atom. The van der Waals surface area contributed by atoms with E-state index in [4.69, 9.17) is 15.9 Å². The summed E-state index contributed by atoms with van der Waals surface area (Å²) in [6.45, 7) is 4.47. The van der Waals surface area contributed by atoms with E-state index < -0.39 is 54.5 Å². The highest BCUT2D eigenvalue weighted by molar-refractivity contribution is 5.94. The highest BCUT2D eigenvalue weighted by atomic mass is 16.4. The first-order valence-electron chi connectivity index (χ1n) is 10.1. The number of rotatable bonds is 12. The van der Waals surface area contributed by atoms with Crippen LogP contribution in [-0.2, 0) is 25.6 Å². The van der Waals surface area contributed by atoms with Crippen LogP contribution in [0, 0.1) is 5.92 Å². The van der Waals surface area contributed by atoms with E-state index in [-0.39, 0.29) is 18.8 Å². The molecule has 4 unspecified atom stereocenters. The summed E-state index contributed by atoms with van der Waals surface area (Å²) in [6.07, 6.45) is 0.407. The highest BCUT2D eigenvalue weighted by Crippen LogP contribution is 2.08. The molecule has 1 aromatic rings. The molecule has 0 aliphatic heterocycles. The lowest BCUT2D eigenvalue weighted by Gasteiger charge is -2.25. The first-order chi connectivity index (χ1) is 14.5. The van der Waals surface area contributed by atoms with Crippen LogP contribution in [0.2, 0.25) is 0 Å². The minimum Gasteiger partial charge on any atom is -0.480 e. The van der Waals surface area contributed by atoms with Gasteiger partial charge in [-0.05, 0) is 24.8 Å². The highest BCUT2D eigenvalue weighted by Gasteiger charge is 2.29. The maximum absolute atomic E-state index is 12.9. The van der Waals surface area contributed by atoms with Gasteiger partial charge < -0.3 is 31.9 Å². The standard InChI is InChI=1S/C21H32N4O6/c1-12(2)9-16(24-18(27)15(22)11-26)20(29)25-17(10-14-7-5-4-6-8-14)19(28)23-13(3)21(30)31/h4-8,12-13,15-17,26H,9-11,22H2,1-3H3,(H,23,28)(H,24,27)(H,25,29)(H,30,31). The number of carboxylic acid groups (broad SMARTS) is 1. The van der Waals surface area contributed by atoms with Gasteiger partial charge in [0.25, 0.3) is 0 Å². The van der Waals surface area contributed by atoms with E-state index in [2.05, 4.69) is 16.0 Å². The van der Waals surface area contributed by atoms with Gasteiger partial charge in [-0.1, -0.05) is 44.2 Å². The Morgan fingerprint density at radius 2 is 1.45 bits per heavy atom. The van der Waals surface area contributed by atoms with Crippen molar-refractivity contribution in [1.82, 2.24) is 16.0 Å². The summed E-state index contributed by atoms with van der Waals surface area (Å²) in [4.78, 5) is 48.8. The van der Waals surface area contributed by atoms with Crippen LogP contribution in [0.1, 0.15) is 32.8 Å². The zero-order chi connectivity index (χ0) is 23.6. The number of aliphatic carboxylic acids is 1. The summed E-state index contributed by atoms with van der Waals surface area (Å²) in [5.41, 5.74) is 6.28. The van der Waals surface area contributed by atoms with Crippen molar-refractivity contribution in [2.24, 2.45) is 11.7 Å². The number of nitrogens with two attached hydrogens (primary N) is 1. The summed E-state index contributed by atoms with van der Waals surface area (Å²) in [6, 6.07) is 4.57. The van der Waals surface area contributed by atoms with Gasteiger partial charge in [-0.2, -0.15) is 0 Å². The number of aliphatic hydroxyl groups excluding tert-OH is 1. The first-order valence-corrected chi connectivity index (χ1v) is 10.1. The molecule has 1 rings (SSSR count). The third kappa shape index (κ3) is 9.14. The average Bonchev–Trinajstić information content (AvgIpc) is 2.72. The topological polar surface area (TPSA) is 171 Å². The second kappa shape index (κ2) is 12.7. The van der Waals surface area contributed by atoms with Crippen molar-refractivity contribution < 1.29 is 29.4 Å². The van der Waals surface area contributed by atoms with Crippen LogP contribution in [0.15, 0.2) is 30.3 Å². The van der Waals surface area contributed by atoms with E-state index in [0.717, 1.165) is 5.56 Å². The van der Waals surface area contributed by atoms with Gasteiger partial charge in [0.15, 0.2) is 0 Å². The number of aliphatic hydroxyl groups is 1. The lowest BCUT2D eigenvalue weighted by molar-refractivity contribution is -0.141. The summed E-state index contributed by atoms with van der Waals surface area (Å²) in [7, 11) is 0. The Bertz CT molecular complexity index is 755. The fourth-order valence-corrected chi connectivity index (χ4v) is 2.77. The molecule has 4 atom stereocenters. The van der Waals surface area contributed by atoms with Crippen molar-refractivity contribution in [3.8, 4) is 0 Å². The molecule has 0 radical (unpaired) electrons. The van der Waals surface area contributed by atoms with Gasteiger partial charge in [0.1, 0.15) is 24.2 Å². The van der Waals surface area contributed by atoms with Crippen molar-refractivity contribution in [2.45, 2.75) is 57.8 Å². The van der Waals surface area contributed by atoms with Crippen LogP contribution in [0.4, 0.5) is 0 Å². The normalized spacial score (nSPS) is 14.8. The molecule has 0 saturated heterocycles. The number of carboxylic acids is 1. The van der Waals surface area contributed by atoms with Gasteiger partial charge in [-0.3, -0.25) is 19.2 Å². The number of benzene rings is 1. The van der Waals surface area contributed by atoms with E-state index in [0.29, 0.717) is 0 Å². The van der Waals surface area contributed by atoms with Crippen molar-refractivity contribution in [2.75, 3.05) is 6.61 Å². The monoisotopic (exact) mass is 436 g/mol. The largest absolute Gasteiger partial charge is 0.480 e. The molecule has 0 heterocycles. The van der Waals surface area contributed by atoms with Crippen LogP contribution < -0.4 is 21.7 Å². The molecule has 0 aliphatic rings. The number of hydrogen-bond acceptors (Lipinski definition) is 6. The van der Waals surface area contributed by atoms with Crippen LogP contribution in [0.25, 0.3) is 0 Å². The summed E-state index contributed by atoms with van der Waals surface area (Å²) >= 11 is 0. The Kier molecular flexibility index (Phi) is 10.6. The summed E-state index contributed by atoms with van der Waals surface area (Å²) in [5.74, 6) is -3.12. The van der Waals surface area contributed by atoms with E-state index in [1.807, 2.05) is 19.9 Å². The number of carbonyl (C=O) groups excluding carboxylic acids is 3. The molecule has 1 aromatic carbocycles. The minimum absolute atomic E-state index is 0.0369. The lowest BCUT2D eigenvalue weighted by atomic mass is 10.0. The minimum atomic E-state index is -1.21. The molecule has 10 heteroatoms. The molecule has 10 nitrogen and oxygen atoms in total. The molecule has 0 fully saturated rings. The van der Waals surface area contributed by atoms with Gasteiger partial charge >= 0.3 is 5.97 Å². The Morgan fingerprint density at radius 1 is 0.903 bits per heavy atom. The predicted molar refractivity (Wildman–Crippen MR) is 114 cm³/mol. The molecule has 0 bridgehead atoms. The molecule has 3 amide bonds. The van der Waals surface area contributed by atoms with E-state index in [1.54, 1.807) is 24.3 Å². The second-order valence-electron chi connectivity index (χ2n) is 7.80. The van der Waals surface area contributed by atoms with E-state index in [9.17, 15) is 19.2 Å². The molecule has 7 N–H and O–H groups in total. The lowest BCUT2D eigenvalue weighted by Crippen LogP contribution is -2.57. The van der Waals surface area contributed by atoms with E-state index >= 15 is 0 Å². The van der Waals surface area contributed by atoms with Gasteiger partial charge in [0, 0.05) is 6.42 Å². The van der Waals surface area contributed by atoms with Crippen LogP contribution >= 0.6 is 0 Å². The van der Waals surface area contributed by atoms with Gasteiger partial charge in [-0.25, -0.2) is 0 Å². The molecule has 0 spiro atoms. The maximum Gasteiger partial charge on any atom is 0.325 e. The maximum atomic E-state index is 12.9.